The quantitative estimate of drug-likeness (QED) is 0.880. The Morgan fingerprint density at radius 3 is 2.61 bits per heavy atom. The monoisotopic (exact) mass is 248 g/mol. The Kier molecular flexibility index (Phi) is 2.72. The van der Waals surface area contributed by atoms with Crippen LogP contribution in [0.4, 0.5) is 0 Å². The molecular formula is C14H20N2O2. The molecule has 1 aliphatic carbocycles. The number of aryl methyl sites for hydroxylation is 1. The van der Waals surface area contributed by atoms with Crippen molar-refractivity contribution in [1.29, 1.82) is 0 Å². The number of hydrogen-bond donors (Lipinski definition) is 1. The van der Waals surface area contributed by atoms with E-state index in [0.29, 0.717) is 6.79 Å². The number of hydrogen-bond acceptors (Lipinski definition) is 4. The second-order valence-corrected chi connectivity index (χ2v) is 5.67. The Morgan fingerprint density at radius 2 is 1.94 bits per heavy atom. The molecule has 98 valence electrons. The summed E-state index contributed by atoms with van der Waals surface area (Å²) in [6.45, 7) is 4.31. The van der Waals surface area contributed by atoms with Crippen molar-refractivity contribution in [2.75, 3.05) is 20.4 Å². The summed E-state index contributed by atoms with van der Waals surface area (Å²) in [6, 6.07) is 4.14. The predicted octanol–water partition coefficient (Wildman–Crippen LogP) is 1.65. The van der Waals surface area contributed by atoms with Gasteiger partial charge in [-0.25, -0.2) is 0 Å². The fourth-order valence-corrected chi connectivity index (χ4v) is 2.46. The van der Waals surface area contributed by atoms with E-state index in [4.69, 9.17) is 15.2 Å². The van der Waals surface area contributed by atoms with Crippen LogP contribution in [0.15, 0.2) is 12.1 Å². The molecule has 0 bridgehead atoms. The first-order chi connectivity index (χ1) is 8.56. The number of nitrogens with two attached hydrogens (primary N) is 1. The fraction of sp³-hybridized carbons (Fsp3) is 0.571. The zero-order valence-corrected chi connectivity index (χ0v) is 11.0. The Labute approximate surface area is 108 Å². The zero-order valence-electron chi connectivity index (χ0n) is 11.0. The van der Waals surface area contributed by atoms with Gasteiger partial charge < -0.3 is 20.1 Å². The van der Waals surface area contributed by atoms with Crippen molar-refractivity contribution in [3.63, 3.8) is 0 Å². The summed E-state index contributed by atoms with van der Waals surface area (Å²) in [7, 11) is 2.12. The average Bonchev–Trinajstić information content (AvgIpc) is 2.85. The van der Waals surface area contributed by atoms with Gasteiger partial charge in [-0.1, -0.05) is 0 Å². The first-order valence-electron chi connectivity index (χ1n) is 6.42. The normalized spacial score (nSPS) is 19.3. The molecule has 3 rings (SSSR count). The number of fused-ring (bicyclic) bond motifs is 1. The van der Waals surface area contributed by atoms with Gasteiger partial charge in [0.05, 0.1) is 0 Å². The predicted molar refractivity (Wildman–Crippen MR) is 69.8 cm³/mol. The summed E-state index contributed by atoms with van der Waals surface area (Å²) in [5.41, 5.74) is 8.74. The molecule has 1 aliphatic heterocycles. The van der Waals surface area contributed by atoms with Crippen LogP contribution in [0.1, 0.15) is 24.0 Å². The molecule has 1 saturated carbocycles. The minimum atomic E-state index is 0.0684. The molecule has 4 nitrogen and oxygen atoms in total. The minimum Gasteiger partial charge on any atom is -0.454 e. The molecule has 18 heavy (non-hydrogen) atoms. The van der Waals surface area contributed by atoms with Gasteiger partial charge in [0.2, 0.25) is 6.79 Å². The molecule has 4 heteroatoms. The second kappa shape index (κ2) is 4.14. The summed E-state index contributed by atoms with van der Waals surface area (Å²) in [5, 5.41) is 0. The van der Waals surface area contributed by atoms with Crippen LogP contribution in [-0.4, -0.2) is 30.8 Å². The van der Waals surface area contributed by atoms with Crippen molar-refractivity contribution in [3.8, 4) is 11.5 Å². The standard InChI is InChI=1S/C14H20N2O2/c1-10-5-12-13(18-9-17-12)6-11(10)7-16(2)8-14(15)3-4-14/h5-6H,3-4,7-9,15H2,1-2H3. The molecule has 1 fully saturated rings. The number of rotatable bonds is 4. The lowest BCUT2D eigenvalue weighted by Gasteiger charge is -2.21. The van der Waals surface area contributed by atoms with Crippen LogP contribution in [0.3, 0.4) is 0 Å². The fourth-order valence-electron chi connectivity index (χ4n) is 2.46. The van der Waals surface area contributed by atoms with E-state index in [2.05, 4.69) is 31.0 Å². The van der Waals surface area contributed by atoms with E-state index in [1.807, 2.05) is 0 Å². The zero-order chi connectivity index (χ0) is 12.8. The van der Waals surface area contributed by atoms with Gasteiger partial charge in [-0.3, -0.25) is 0 Å². The van der Waals surface area contributed by atoms with E-state index in [1.54, 1.807) is 0 Å². The lowest BCUT2D eigenvalue weighted by Crippen LogP contribution is -2.36. The summed E-state index contributed by atoms with van der Waals surface area (Å²) >= 11 is 0. The van der Waals surface area contributed by atoms with Crippen molar-refractivity contribution in [2.45, 2.75) is 31.8 Å². The van der Waals surface area contributed by atoms with Crippen LogP contribution in [0, 0.1) is 6.92 Å². The average molecular weight is 248 g/mol. The molecule has 2 aliphatic rings. The van der Waals surface area contributed by atoms with E-state index in [-0.39, 0.29) is 5.54 Å². The Bertz CT molecular complexity index is 469. The van der Waals surface area contributed by atoms with Crippen LogP contribution in [-0.2, 0) is 6.54 Å². The first-order valence-corrected chi connectivity index (χ1v) is 6.42. The van der Waals surface area contributed by atoms with Crippen LogP contribution in [0.2, 0.25) is 0 Å². The van der Waals surface area contributed by atoms with Gasteiger partial charge in [-0.15, -0.1) is 0 Å². The number of benzene rings is 1. The first kappa shape index (κ1) is 11.8. The van der Waals surface area contributed by atoms with Crippen molar-refractivity contribution in [3.05, 3.63) is 23.3 Å². The third kappa shape index (κ3) is 2.31. The largest absolute Gasteiger partial charge is 0.454 e. The summed E-state index contributed by atoms with van der Waals surface area (Å²) in [4.78, 5) is 2.29. The maximum absolute atomic E-state index is 6.14. The molecule has 0 atom stereocenters. The van der Waals surface area contributed by atoms with Gasteiger partial charge in [0.15, 0.2) is 11.5 Å². The van der Waals surface area contributed by atoms with Crippen molar-refractivity contribution in [1.82, 2.24) is 4.90 Å². The van der Waals surface area contributed by atoms with E-state index in [9.17, 15) is 0 Å². The molecule has 0 radical (unpaired) electrons. The van der Waals surface area contributed by atoms with Crippen molar-refractivity contribution >= 4 is 0 Å². The van der Waals surface area contributed by atoms with E-state index >= 15 is 0 Å². The highest BCUT2D eigenvalue weighted by atomic mass is 16.7. The third-order valence-corrected chi connectivity index (χ3v) is 3.75. The maximum atomic E-state index is 6.14. The van der Waals surface area contributed by atoms with Crippen LogP contribution in [0.5, 0.6) is 11.5 Å². The summed E-state index contributed by atoms with van der Waals surface area (Å²) < 4.78 is 10.8. The minimum absolute atomic E-state index is 0.0684. The molecule has 0 spiro atoms. The molecule has 0 aromatic heterocycles. The van der Waals surface area contributed by atoms with Crippen LogP contribution >= 0.6 is 0 Å². The Balaban J connectivity index is 1.72. The lowest BCUT2D eigenvalue weighted by atomic mass is 10.1. The summed E-state index contributed by atoms with van der Waals surface area (Å²) in [5.74, 6) is 1.72. The number of likely N-dealkylation sites (N-methyl/N-ethyl adjacent to an activating group) is 1. The van der Waals surface area contributed by atoms with Gasteiger partial charge in [-0.05, 0) is 50.1 Å². The number of nitrogens with zero attached hydrogens (tertiary/aromatic N) is 1. The third-order valence-electron chi connectivity index (χ3n) is 3.75. The van der Waals surface area contributed by atoms with Crippen LogP contribution < -0.4 is 15.2 Å². The van der Waals surface area contributed by atoms with Gasteiger partial charge >= 0.3 is 0 Å². The van der Waals surface area contributed by atoms with E-state index in [1.165, 1.54) is 11.1 Å². The van der Waals surface area contributed by atoms with E-state index < -0.39 is 0 Å². The summed E-state index contributed by atoms with van der Waals surface area (Å²) in [6.07, 6.45) is 2.30. The highest BCUT2D eigenvalue weighted by Crippen LogP contribution is 2.36. The molecule has 2 N–H and O–H groups in total. The van der Waals surface area contributed by atoms with Gasteiger partial charge in [-0.2, -0.15) is 0 Å². The van der Waals surface area contributed by atoms with Crippen molar-refractivity contribution < 1.29 is 9.47 Å². The smallest absolute Gasteiger partial charge is 0.231 e. The second-order valence-electron chi connectivity index (χ2n) is 5.67. The molecule has 0 amide bonds. The van der Waals surface area contributed by atoms with Crippen molar-refractivity contribution in [2.24, 2.45) is 5.73 Å². The lowest BCUT2D eigenvalue weighted by molar-refractivity contribution is 0.174. The molecule has 1 aromatic carbocycles. The molecular weight excluding hydrogens is 228 g/mol. The van der Waals surface area contributed by atoms with Gasteiger partial charge in [0.1, 0.15) is 0 Å². The maximum Gasteiger partial charge on any atom is 0.231 e. The SMILES string of the molecule is Cc1cc2c(cc1CN(C)CC1(N)CC1)OCO2. The number of ether oxygens (including phenoxy) is 2. The molecule has 0 unspecified atom stereocenters. The van der Waals surface area contributed by atoms with Crippen LogP contribution in [0.25, 0.3) is 0 Å². The molecule has 0 saturated heterocycles. The Hall–Kier alpha value is -1.26. The Morgan fingerprint density at radius 1 is 1.28 bits per heavy atom. The van der Waals surface area contributed by atoms with E-state index in [0.717, 1.165) is 37.4 Å². The highest BCUT2D eigenvalue weighted by molar-refractivity contribution is 5.48. The van der Waals surface area contributed by atoms with Gasteiger partial charge in [0, 0.05) is 18.6 Å². The highest BCUT2D eigenvalue weighted by Gasteiger charge is 2.38. The van der Waals surface area contributed by atoms with Gasteiger partial charge in [0.25, 0.3) is 0 Å². The molecule has 1 heterocycles. The molecule has 1 aromatic rings. The topological polar surface area (TPSA) is 47.7 Å².